The van der Waals surface area contributed by atoms with E-state index in [2.05, 4.69) is 9.88 Å². The van der Waals surface area contributed by atoms with Crippen LogP contribution in [0.1, 0.15) is 64.4 Å². The van der Waals surface area contributed by atoms with E-state index >= 15 is 0 Å². The fraction of sp³-hybridized carbons (Fsp3) is 0.276. The van der Waals surface area contributed by atoms with Gasteiger partial charge in [0.05, 0.1) is 16.6 Å². The average Bonchev–Trinajstić information content (AvgIpc) is 3.29. The predicted octanol–water partition coefficient (Wildman–Crippen LogP) is 6.53. The quantitative estimate of drug-likeness (QED) is 0.301. The second kappa shape index (κ2) is 10.5. The van der Waals surface area contributed by atoms with E-state index in [-0.39, 0.29) is 11.5 Å². The molecule has 0 aliphatic heterocycles. The zero-order valence-electron chi connectivity index (χ0n) is 19.9. The second-order valence-corrected chi connectivity index (χ2v) is 9.76. The molecule has 1 fully saturated rings. The monoisotopic (exact) mass is 501 g/mol. The molecule has 1 aliphatic rings. The van der Waals surface area contributed by atoms with Crippen LogP contribution in [-0.4, -0.2) is 33.1 Å². The first-order valence-corrected chi connectivity index (χ1v) is 12.8. The lowest BCUT2D eigenvalue weighted by Gasteiger charge is -2.25. The van der Waals surface area contributed by atoms with Gasteiger partial charge in [0, 0.05) is 28.7 Å². The predicted molar refractivity (Wildman–Crippen MR) is 142 cm³/mol. The maximum Gasteiger partial charge on any atom is 0.335 e. The van der Waals surface area contributed by atoms with Gasteiger partial charge in [-0.05, 0) is 67.3 Å². The molecule has 1 amide bonds. The highest BCUT2D eigenvalue weighted by molar-refractivity contribution is 6.30. The van der Waals surface area contributed by atoms with Gasteiger partial charge < -0.3 is 15.0 Å². The summed E-state index contributed by atoms with van der Waals surface area (Å²) in [5, 5.41) is 13.1. The first-order chi connectivity index (χ1) is 17.5. The molecule has 1 aromatic heterocycles. The molecule has 0 bridgehead atoms. The van der Waals surface area contributed by atoms with E-state index in [1.165, 1.54) is 6.42 Å². The molecule has 0 saturated heterocycles. The minimum absolute atomic E-state index is 0.140. The molecule has 36 heavy (non-hydrogen) atoms. The van der Waals surface area contributed by atoms with Gasteiger partial charge in [0.1, 0.15) is 5.82 Å². The van der Waals surface area contributed by atoms with Gasteiger partial charge in [0.15, 0.2) is 0 Å². The van der Waals surface area contributed by atoms with Crippen molar-refractivity contribution >= 4 is 34.5 Å². The average molecular weight is 502 g/mol. The number of carbonyl (C=O) groups excluding carboxylic acids is 1. The van der Waals surface area contributed by atoms with Gasteiger partial charge in [-0.15, -0.1) is 0 Å². The van der Waals surface area contributed by atoms with Crippen LogP contribution in [0.4, 0.5) is 0 Å². The van der Waals surface area contributed by atoms with Crippen molar-refractivity contribution in [2.45, 2.75) is 44.6 Å². The van der Waals surface area contributed by atoms with Gasteiger partial charge in [-0.3, -0.25) is 4.79 Å². The second-order valence-electron chi connectivity index (χ2n) is 9.32. The SMILES string of the molecule is O=C(O)c1ccc2c(c1)nc(-c1cccc(C(=O)NCCc3ccc(Cl)cc3)c1)n2C1CCCCC1. The number of fused-ring (bicyclic) bond motifs is 1. The summed E-state index contributed by atoms with van der Waals surface area (Å²) in [6.07, 6.45) is 6.38. The van der Waals surface area contributed by atoms with Crippen LogP contribution < -0.4 is 5.32 Å². The Morgan fingerprint density at radius 1 is 0.972 bits per heavy atom. The zero-order valence-corrected chi connectivity index (χ0v) is 20.7. The number of carboxylic acids is 1. The summed E-state index contributed by atoms with van der Waals surface area (Å²) in [7, 11) is 0. The summed E-state index contributed by atoms with van der Waals surface area (Å²) < 4.78 is 2.25. The Morgan fingerprint density at radius 2 is 1.75 bits per heavy atom. The van der Waals surface area contributed by atoms with E-state index in [1.54, 1.807) is 18.2 Å². The molecule has 1 aliphatic carbocycles. The number of aromatic nitrogens is 2. The van der Waals surface area contributed by atoms with Crippen molar-refractivity contribution in [2.75, 3.05) is 6.54 Å². The van der Waals surface area contributed by atoms with Gasteiger partial charge in [-0.25, -0.2) is 9.78 Å². The van der Waals surface area contributed by atoms with Crippen LogP contribution in [0.3, 0.4) is 0 Å². The molecule has 184 valence electrons. The van der Waals surface area contributed by atoms with Crippen molar-refractivity contribution in [1.82, 2.24) is 14.9 Å². The number of nitrogens with zero attached hydrogens (tertiary/aromatic N) is 2. The van der Waals surface area contributed by atoms with Crippen molar-refractivity contribution in [3.05, 3.63) is 88.4 Å². The number of hydrogen-bond acceptors (Lipinski definition) is 3. The molecular formula is C29H28ClN3O3. The Labute approximate surface area is 214 Å². The topological polar surface area (TPSA) is 84.2 Å². The summed E-state index contributed by atoms with van der Waals surface area (Å²) in [6, 6.07) is 20.5. The molecule has 0 unspecified atom stereocenters. The third-order valence-corrected chi connectivity index (χ3v) is 7.12. The molecule has 1 heterocycles. The molecular weight excluding hydrogens is 474 g/mol. The lowest BCUT2D eigenvalue weighted by atomic mass is 9.94. The molecule has 0 spiro atoms. The van der Waals surface area contributed by atoms with Gasteiger partial charge in [0.2, 0.25) is 0 Å². The van der Waals surface area contributed by atoms with E-state index in [4.69, 9.17) is 16.6 Å². The van der Waals surface area contributed by atoms with Crippen LogP contribution >= 0.6 is 11.6 Å². The number of hydrogen-bond donors (Lipinski definition) is 2. The smallest absolute Gasteiger partial charge is 0.335 e. The van der Waals surface area contributed by atoms with E-state index < -0.39 is 5.97 Å². The lowest BCUT2D eigenvalue weighted by Crippen LogP contribution is -2.25. The van der Waals surface area contributed by atoms with Gasteiger partial charge >= 0.3 is 5.97 Å². The molecule has 5 rings (SSSR count). The van der Waals surface area contributed by atoms with E-state index in [1.807, 2.05) is 48.5 Å². The Hall–Kier alpha value is -3.64. The molecule has 0 radical (unpaired) electrons. The number of nitrogens with one attached hydrogen (secondary N) is 1. The standard InChI is InChI=1S/C29H28ClN3O3/c30-23-12-9-19(10-13-23)15-16-31-28(34)21-6-4-5-20(17-21)27-32-25-18-22(29(35)36)11-14-26(25)33(27)24-7-2-1-3-8-24/h4-6,9-14,17-18,24H,1-3,7-8,15-16H2,(H,31,34)(H,35,36). The first-order valence-electron chi connectivity index (χ1n) is 12.4. The maximum atomic E-state index is 12.9. The van der Waals surface area contributed by atoms with E-state index in [9.17, 15) is 14.7 Å². The molecule has 3 aromatic carbocycles. The van der Waals surface area contributed by atoms with Crippen molar-refractivity contribution in [3.8, 4) is 11.4 Å². The highest BCUT2D eigenvalue weighted by Gasteiger charge is 2.23. The third kappa shape index (κ3) is 5.14. The Balaban J connectivity index is 1.43. The van der Waals surface area contributed by atoms with Crippen molar-refractivity contribution in [1.29, 1.82) is 0 Å². The lowest BCUT2D eigenvalue weighted by molar-refractivity contribution is 0.0696. The normalized spacial score (nSPS) is 14.1. The van der Waals surface area contributed by atoms with Gasteiger partial charge in [-0.1, -0.05) is 55.1 Å². The Kier molecular flexibility index (Phi) is 7.05. The van der Waals surface area contributed by atoms with E-state index in [0.29, 0.717) is 35.1 Å². The maximum absolute atomic E-state index is 12.9. The minimum Gasteiger partial charge on any atom is -0.478 e. The highest BCUT2D eigenvalue weighted by Crippen LogP contribution is 2.36. The first kappa shape index (κ1) is 24.1. The van der Waals surface area contributed by atoms with Crippen LogP contribution in [0.5, 0.6) is 0 Å². The minimum atomic E-state index is -0.970. The number of imidazole rings is 1. The molecule has 1 saturated carbocycles. The fourth-order valence-corrected chi connectivity index (χ4v) is 5.14. The number of benzene rings is 3. The molecule has 4 aromatic rings. The summed E-state index contributed by atoms with van der Waals surface area (Å²) in [5.41, 5.74) is 4.33. The number of rotatable bonds is 7. The molecule has 2 N–H and O–H groups in total. The van der Waals surface area contributed by atoms with Crippen LogP contribution in [0.15, 0.2) is 66.7 Å². The van der Waals surface area contributed by atoms with Crippen molar-refractivity contribution in [2.24, 2.45) is 0 Å². The molecule has 6 nitrogen and oxygen atoms in total. The van der Waals surface area contributed by atoms with Crippen LogP contribution in [0, 0.1) is 0 Å². The van der Waals surface area contributed by atoms with Crippen LogP contribution in [0.25, 0.3) is 22.4 Å². The summed E-state index contributed by atoms with van der Waals surface area (Å²) in [5.74, 6) is -0.336. The number of aromatic carboxylic acids is 1. The Bertz CT molecular complexity index is 1410. The summed E-state index contributed by atoms with van der Waals surface area (Å²) >= 11 is 5.95. The van der Waals surface area contributed by atoms with Gasteiger partial charge in [0.25, 0.3) is 5.91 Å². The number of amides is 1. The van der Waals surface area contributed by atoms with Crippen molar-refractivity contribution in [3.63, 3.8) is 0 Å². The number of carboxylic acid groups (broad SMARTS) is 1. The summed E-state index contributed by atoms with van der Waals surface area (Å²) in [6.45, 7) is 0.517. The van der Waals surface area contributed by atoms with E-state index in [0.717, 1.165) is 48.2 Å². The van der Waals surface area contributed by atoms with Gasteiger partial charge in [-0.2, -0.15) is 0 Å². The Morgan fingerprint density at radius 3 is 2.50 bits per heavy atom. The van der Waals surface area contributed by atoms with Crippen LogP contribution in [0.2, 0.25) is 5.02 Å². The third-order valence-electron chi connectivity index (χ3n) is 6.87. The molecule has 0 atom stereocenters. The highest BCUT2D eigenvalue weighted by atomic mass is 35.5. The largest absolute Gasteiger partial charge is 0.478 e. The van der Waals surface area contributed by atoms with Crippen LogP contribution in [-0.2, 0) is 6.42 Å². The number of carbonyl (C=O) groups is 2. The number of halogens is 1. The van der Waals surface area contributed by atoms with Crippen molar-refractivity contribution < 1.29 is 14.7 Å². The molecule has 7 heteroatoms. The summed E-state index contributed by atoms with van der Waals surface area (Å²) in [4.78, 5) is 29.3. The fourth-order valence-electron chi connectivity index (χ4n) is 5.02. The zero-order chi connectivity index (χ0) is 25.1.